The minimum absolute atomic E-state index is 0.171. The van der Waals surface area contributed by atoms with Gasteiger partial charge in [0.05, 0.1) is 6.61 Å². The molecule has 0 aromatic heterocycles. The summed E-state index contributed by atoms with van der Waals surface area (Å²) in [5, 5.41) is 12.3. The summed E-state index contributed by atoms with van der Waals surface area (Å²) in [6.45, 7) is 8.15. The number of fused-ring (bicyclic) bond motifs is 1. The van der Waals surface area contributed by atoms with Crippen molar-refractivity contribution in [3.63, 3.8) is 0 Å². The van der Waals surface area contributed by atoms with E-state index in [-0.39, 0.29) is 12.2 Å². The van der Waals surface area contributed by atoms with Crippen molar-refractivity contribution in [1.29, 1.82) is 0 Å². The van der Waals surface area contributed by atoms with Gasteiger partial charge in [-0.3, -0.25) is 0 Å². The van der Waals surface area contributed by atoms with Crippen LogP contribution in [0.3, 0.4) is 0 Å². The highest BCUT2D eigenvalue weighted by molar-refractivity contribution is 5.44. The third kappa shape index (κ3) is 4.35. The molecule has 0 radical (unpaired) electrons. The van der Waals surface area contributed by atoms with Crippen LogP contribution in [0.5, 0.6) is 11.5 Å². The molecule has 118 valence electrons. The Morgan fingerprint density at radius 3 is 2.90 bits per heavy atom. The van der Waals surface area contributed by atoms with Gasteiger partial charge in [0, 0.05) is 30.7 Å². The van der Waals surface area contributed by atoms with Gasteiger partial charge in [-0.15, -0.1) is 0 Å². The summed E-state index contributed by atoms with van der Waals surface area (Å²) in [7, 11) is 0. The fourth-order valence-corrected chi connectivity index (χ4v) is 2.75. The first-order chi connectivity index (χ1) is 10.1. The van der Waals surface area contributed by atoms with Crippen molar-refractivity contribution in [2.75, 3.05) is 19.8 Å². The average molecular weight is 293 g/mol. The average Bonchev–Trinajstić information content (AvgIpc) is 2.42. The van der Waals surface area contributed by atoms with Gasteiger partial charge in [0.2, 0.25) is 0 Å². The number of hydrogen-bond donors (Lipinski definition) is 2. The highest BCUT2D eigenvalue weighted by Gasteiger charge is 2.33. The standard InChI is InChI=1S/C17H27NO3/c1-4-18-15-12-17(2,3)21-16-11-13(7-8-14(15)16)20-10-6-5-9-19/h7-8,11,15,18-19H,4-6,9-10,12H2,1-3H3. The quantitative estimate of drug-likeness (QED) is 0.759. The lowest BCUT2D eigenvalue weighted by Crippen LogP contribution is -2.39. The molecule has 1 aliphatic heterocycles. The van der Waals surface area contributed by atoms with Crippen LogP contribution in [0, 0.1) is 0 Å². The molecular weight excluding hydrogens is 266 g/mol. The van der Waals surface area contributed by atoms with Crippen molar-refractivity contribution >= 4 is 0 Å². The van der Waals surface area contributed by atoms with Gasteiger partial charge in [-0.25, -0.2) is 0 Å². The molecular formula is C17H27NO3. The zero-order valence-corrected chi connectivity index (χ0v) is 13.3. The van der Waals surface area contributed by atoms with Crippen LogP contribution >= 0.6 is 0 Å². The summed E-state index contributed by atoms with van der Waals surface area (Å²) in [6.07, 6.45) is 2.60. The smallest absolute Gasteiger partial charge is 0.128 e. The molecule has 0 aliphatic carbocycles. The van der Waals surface area contributed by atoms with Crippen LogP contribution in [-0.4, -0.2) is 30.5 Å². The Morgan fingerprint density at radius 2 is 2.19 bits per heavy atom. The first kappa shape index (κ1) is 16.1. The van der Waals surface area contributed by atoms with E-state index < -0.39 is 0 Å². The largest absolute Gasteiger partial charge is 0.493 e. The van der Waals surface area contributed by atoms with Gasteiger partial charge >= 0.3 is 0 Å². The minimum Gasteiger partial charge on any atom is -0.493 e. The van der Waals surface area contributed by atoms with E-state index in [2.05, 4.69) is 32.2 Å². The highest BCUT2D eigenvalue weighted by atomic mass is 16.5. The Labute approximate surface area is 127 Å². The van der Waals surface area contributed by atoms with Crippen LogP contribution in [0.15, 0.2) is 18.2 Å². The van der Waals surface area contributed by atoms with Crippen molar-refractivity contribution in [2.24, 2.45) is 0 Å². The predicted molar refractivity (Wildman–Crippen MR) is 84.0 cm³/mol. The second kappa shape index (κ2) is 7.14. The molecule has 21 heavy (non-hydrogen) atoms. The Balaban J connectivity index is 2.10. The van der Waals surface area contributed by atoms with Gasteiger partial charge in [0.1, 0.15) is 17.1 Å². The second-order valence-electron chi connectivity index (χ2n) is 6.15. The number of rotatable bonds is 7. The lowest BCUT2D eigenvalue weighted by atomic mass is 9.89. The van der Waals surface area contributed by atoms with Crippen LogP contribution in [0.25, 0.3) is 0 Å². The predicted octanol–water partition coefficient (Wildman–Crippen LogP) is 3.05. The van der Waals surface area contributed by atoms with Crippen molar-refractivity contribution in [1.82, 2.24) is 5.32 Å². The van der Waals surface area contributed by atoms with Gasteiger partial charge in [-0.05, 0) is 39.3 Å². The third-order valence-corrected chi connectivity index (χ3v) is 3.71. The number of aliphatic hydroxyl groups is 1. The molecule has 1 atom stereocenters. The molecule has 0 bridgehead atoms. The molecule has 0 saturated heterocycles. The van der Waals surface area contributed by atoms with Crippen LogP contribution in [-0.2, 0) is 0 Å². The Bertz CT molecular complexity index is 459. The Morgan fingerprint density at radius 1 is 1.38 bits per heavy atom. The van der Waals surface area contributed by atoms with E-state index in [0.29, 0.717) is 12.6 Å². The number of ether oxygens (including phenoxy) is 2. The van der Waals surface area contributed by atoms with Gasteiger partial charge in [-0.1, -0.05) is 13.0 Å². The summed E-state index contributed by atoms with van der Waals surface area (Å²) in [4.78, 5) is 0. The summed E-state index contributed by atoms with van der Waals surface area (Å²) in [5.41, 5.74) is 1.04. The normalized spacial score (nSPS) is 19.7. The van der Waals surface area contributed by atoms with Crippen molar-refractivity contribution in [2.45, 2.75) is 51.7 Å². The summed E-state index contributed by atoms with van der Waals surface area (Å²) in [5.74, 6) is 1.75. The SMILES string of the molecule is CCNC1CC(C)(C)Oc2cc(OCCCCO)ccc21. The first-order valence-corrected chi connectivity index (χ1v) is 7.86. The maximum absolute atomic E-state index is 8.78. The molecule has 1 aromatic carbocycles. The lowest BCUT2D eigenvalue weighted by molar-refractivity contribution is 0.0660. The number of nitrogens with one attached hydrogen (secondary N) is 1. The van der Waals surface area contributed by atoms with Gasteiger partial charge in [0.15, 0.2) is 0 Å². The molecule has 0 saturated carbocycles. The molecule has 4 heteroatoms. The van der Waals surface area contributed by atoms with Crippen LogP contribution < -0.4 is 14.8 Å². The maximum atomic E-state index is 8.78. The second-order valence-corrected chi connectivity index (χ2v) is 6.15. The van der Waals surface area contributed by atoms with Crippen molar-refractivity contribution in [3.05, 3.63) is 23.8 Å². The third-order valence-electron chi connectivity index (χ3n) is 3.71. The van der Waals surface area contributed by atoms with Crippen LogP contribution in [0.4, 0.5) is 0 Å². The van der Waals surface area contributed by atoms with Gasteiger partial charge < -0.3 is 19.9 Å². The maximum Gasteiger partial charge on any atom is 0.128 e. The Hall–Kier alpha value is -1.26. The lowest BCUT2D eigenvalue weighted by Gasteiger charge is -2.38. The fourth-order valence-electron chi connectivity index (χ4n) is 2.75. The number of unbranched alkanes of at least 4 members (excludes halogenated alkanes) is 1. The zero-order chi connectivity index (χ0) is 15.3. The number of aliphatic hydroxyl groups excluding tert-OH is 1. The van der Waals surface area contributed by atoms with Gasteiger partial charge in [-0.2, -0.15) is 0 Å². The van der Waals surface area contributed by atoms with Crippen molar-refractivity contribution < 1.29 is 14.6 Å². The molecule has 0 spiro atoms. The molecule has 0 fully saturated rings. The summed E-state index contributed by atoms with van der Waals surface area (Å²) in [6, 6.07) is 6.42. The molecule has 0 amide bonds. The van der Waals surface area contributed by atoms with Gasteiger partial charge in [0.25, 0.3) is 0 Å². The zero-order valence-electron chi connectivity index (χ0n) is 13.3. The minimum atomic E-state index is -0.171. The van der Waals surface area contributed by atoms with E-state index in [4.69, 9.17) is 14.6 Å². The van der Waals surface area contributed by atoms with E-state index in [9.17, 15) is 0 Å². The topological polar surface area (TPSA) is 50.7 Å². The van der Waals surface area contributed by atoms with E-state index >= 15 is 0 Å². The van der Waals surface area contributed by atoms with E-state index in [1.54, 1.807) is 0 Å². The summed E-state index contributed by atoms with van der Waals surface area (Å²) < 4.78 is 11.8. The molecule has 1 heterocycles. The van der Waals surface area contributed by atoms with E-state index in [1.165, 1.54) is 5.56 Å². The van der Waals surface area contributed by atoms with Crippen LogP contribution in [0.2, 0.25) is 0 Å². The molecule has 1 unspecified atom stereocenters. The molecule has 2 N–H and O–H groups in total. The van der Waals surface area contributed by atoms with E-state index in [0.717, 1.165) is 37.3 Å². The monoisotopic (exact) mass is 293 g/mol. The highest BCUT2D eigenvalue weighted by Crippen LogP contribution is 2.41. The molecule has 1 aliphatic rings. The first-order valence-electron chi connectivity index (χ1n) is 7.86. The van der Waals surface area contributed by atoms with Crippen molar-refractivity contribution in [3.8, 4) is 11.5 Å². The molecule has 1 aromatic rings. The Kier molecular flexibility index (Phi) is 5.48. The number of hydrogen-bond acceptors (Lipinski definition) is 4. The summed E-state index contributed by atoms with van der Waals surface area (Å²) >= 11 is 0. The van der Waals surface area contributed by atoms with E-state index in [1.807, 2.05) is 12.1 Å². The van der Waals surface area contributed by atoms with Crippen LogP contribution in [0.1, 0.15) is 51.6 Å². The fraction of sp³-hybridized carbons (Fsp3) is 0.647. The number of benzene rings is 1. The molecule has 2 rings (SSSR count). The molecule has 4 nitrogen and oxygen atoms in total.